The Balaban J connectivity index is 1.75. The van der Waals surface area contributed by atoms with Gasteiger partial charge in [0.25, 0.3) is 0 Å². The van der Waals surface area contributed by atoms with E-state index in [4.69, 9.17) is 11.6 Å². The zero-order valence-corrected chi connectivity index (χ0v) is 14.2. The van der Waals surface area contributed by atoms with Gasteiger partial charge in [-0.2, -0.15) is 10.1 Å². The van der Waals surface area contributed by atoms with E-state index in [-0.39, 0.29) is 6.54 Å². The first-order valence-corrected chi connectivity index (χ1v) is 7.96. The lowest BCUT2D eigenvalue weighted by atomic mass is 10.1. The molecule has 1 heterocycles. The maximum absolute atomic E-state index is 12.1. The molecule has 1 N–H and O–H groups in total. The number of hydrogen-bond acceptors (Lipinski definition) is 4. The Morgan fingerprint density at radius 1 is 1.16 bits per heavy atom. The van der Waals surface area contributed by atoms with Gasteiger partial charge in [-0.1, -0.05) is 53.6 Å². The van der Waals surface area contributed by atoms with Crippen molar-refractivity contribution in [2.75, 3.05) is 5.32 Å². The molecule has 2 aromatic carbocycles. The quantitative estimate of drug-likeness (QED) is 0.781. The third-order valence-corrected chi connectivity index (χ3v) is 3.87. The predicted octanol–water partition coefficient (Wildman–Crippen LogP) is 2.91. The van der Waals surface area contributed by atoms with E-state index in [0.29, 0.717) is 16.4 Å². The summed E-state index contributed by atoms with van der Waals surface area (Å²) in [4.78, 5) is 28.2. The maximum Gasteiger partial charge on any atom is 0.365 e. The van der Waals surface area contributed by atoms with Crippen molar-refractivity contribution in [2.24, 2.45) is 0 Å². The van der Waals surface area contributed by atoms with Crippen molar-refractivity contribution in [1.29, 1.82) is 0 Å². The highest BCUT2D eigenvalue weighted by Crippen LogP contribution is 2.20. The second-order valence-electron chi connectivity index (χ2n) is 5.48. The summed E-state index contributed by atoms with van der Waals surface area (Å²) in [5.74, 6) is -0.410. The third-order valence-electron chi connectivity index (χ3n) is 3.54. The fraction of sp³-hybridized carbons (Fsp3) is 0.111. The van der Waals surface area contributed by atoms with Crippen molar-refractivity contribution in [1.82, 2.24) is 14.8 Å². The molecule has 0 atom stereocenters. The zero-order chi connectivity index (χ0) is 17.8. The summed E-state index contributed by atoms with van der Waals surface area (Å²) in [7, 11) is 0. The molecule has 1 aromatic heterocycles. The van der Waals surface area contributed by atoms with E-state index in [2.05, 4.69) is 15.4 Å². The molecule has 0 radical (unpaired) electrons. The van der Waals surface area contributed by atoms with Crippen molar-refractivity contribution < 1.29 is 4.79 Å². The van der Waals surface area contributed by atoms with Gasteiger partial charge in [-0.05, 0) is 19.1 Å². The molecule has 3 rings (SSSR count). The number of nitrogens with zero attached hydrogens (tertiary/aromatic N) is 3. The van der Waals surface area contributed by atoms with Crippen molar-refractivity contribution >= 4 is 23.2 Å². The molecular weight excluding hydrogens is 340 g/mol. The van der Waals surface area contributed by atoms with Crippen LogP contribution < -0.4 is 11.0 Å². The second kappa shape index (κ2) is 7.27. The molecule has 25 heavy (non-hydrogen) atoms. The van der Waals surface area contributed by atoms with Crippen LogP contribution in [0.4, 0.5) is 5.69 Å². The monoisotopic (exact) mass is 354 g/mol. The number of hydrogen-bond donors (Lipinski definition) is 1. The average Bonchev–Trinajstić information content (AvgIpc) is 2.59. The van der Waals surface area contributed by atoms with E-state index in [9.17, 15) is 9.59 Å². The van der Waals surface area contributed by atoms with E-state index >= 15 is 0 Å². The number of aryl methyl sites for hydroxylation is 1. The highest BCUT2D eigenvalue weighted by atomic mass is 35.5. The minimum absolute atomic E-state index is 0.245. The molecule has 0 aliphatic rings. The van der Waals surface area contributed by atoms with Gasteiger partial charge in [-0.25, -0.2) is 9.48 Å². The van der Waals surface area contributed by atoms with Crippen molar-refractivity contribution in [3.63, 3.8) is 0 Å². The number of rotatable bonds is 4. The Bertz CT molecular complexity index is 967. The number of halogens is 1. The van der Waals surface area contributed by atoms with E-state index in [0.717, 1.165) is 15.8 Å². The second-order valence-corrected chi connectivity index (χ2v) is 5.88. The molecule has 1 amide bonds. The van der Waals surface area contributed by atoms with Crippen LogP contribution in [-0.2, 0) is 11.3 Å². The van der Waals surface area contributed by atoms with Gasteiger partial charge in [0, 0.05) is 5.56 Å². The number of carbonyl (C=O) groups excluding carboxylic acids is 1. The summed E-state index contributed by atoms with van der Waals surface area (Å²) in [6.45, 7) is 1.73. The maximum atomic E-state index is 12.1. The van der Waals surface area contributed by atoms with Gasteiger partial charge in [0.15, 0.2) is 0 Å². The Kier molecular flexibility index (Phi) is 4.90. The van der Waals surface area contributed by atoms with Crippen LogP contribution in [0, 0.1) is 6.92 Å². The zero-order valence-electron chi connectivity index (χ0n) is 13.4. The standard InChI is InChI=1S/C18H15ClN4O2/c1-12-6-8-13(9-7-12)16-10-20-23(18(25)22-16)11-17(24)21-15-5-3-2-4-14(15)19/h2-10H,11H2,1H3,(H,21,24). The lowest BCUT2D eigenvalue weighted by Crippen LogP contribution is -2.31. The first kappa shape index (κ1) is 16.9. The van der Waals surface area contributed by atoms with Crippen LogP contribution in [-0.4, -0.2) is 20.7 Å². The Morgan fingerprint density at radius 3 is 2.56 bits per heavy atom. The van der Waals surface area contributed by atoms with E-state index in [1.807, 2.05) is 31.2 Å². The largest absolute Gasteiger partial charge is 0.365 e. The molecule has 3 aromatic rings. The summed E-state index contributed by atoms with van der Waals surface area (Å²) >= 11 is 5.99. The molecule has 0 spiro atoms. The van der Waals surface area contributed by atoms with Gasteiger partial charge in [0.1, 0.15) is 6.54 Å². The Morgan fingerprint density at radius 2 is 1.88 bits per heavy atom. The first-order chi connectivity index (χ1) is 12.0. The number of amides is 1. The molecule has 0 saturated heterocycles. The molecule has 0 aliphatic heterocycles. The van der Waals surface area contributed by atoms with Crippen LogP contribution in [0.3, 0.4) is 0 Å². The predicted molar refractivity (Wildman–Crippen MR) is 96.5 cm³/mol. The van der Waals surface area contributed by atoms with Crippen LogP contribution in [0.2, 0.25) is 5.02 Å². The third kappa shape index (κ3) is 4.10. The summed E-state index contributed by atoms with van der Waals surface area (Å²) < 4.78 is 1.00. The summed E-state index contributed by atoms with van der Waals surface area (Å²) in [6.07, 6.45) is 1.47. The minimum atomic E-state index is -0.590. The number of anilines is 1. The van der Waals surface area contributed by atoms with Gasteiger partial charge in [-0.3, -0.25) is 4.79 Å². The first-order valence-electron chi connectivity index (χ1n) is 7.58. The summed E-state index contributed by atoms with van der Waals surface area (Å²) in [6, 6.07) is 14.5. The van der Waals surface area contributed by atoms with Gasteiger partial charge < -0.3 is 5.32 Å². The Labute approximate surface area is 149 Å². The molecule has 0 unspecified atom stereocenters. The molecule has 0 fully saturated rings. The molecule has 0 saturated carbocycles. The molecule has 7 heteroatoms. The molecule has 126 valence electrons. The average molecular weight is 355 g/mol. The van der Waals surface area contributed by atoms with Crippen LogP contribution in [0.15, 0.2) is 59.5 Å². The van der Waals surface area contributed by atoms with Crippen molar-refractivity contribution in [3.8, 4) is 11.3 Å². The number of carbonyl (C=O) groups is 1. The van der Waals surface area contributed by atoms with E-state index in [1.165, 1.54) is 6.20 Å². The highest BCUT2D eigenvalue weighted by molar-refractivity contribution is 6.33. The SMILES string of the molecule is Cc1ccc(-c2cnn(CC(=O)Nc3ccccc3Cl)c(=O)n2)cc1. The van der Waals surface area contributed by atoms with Crippen LogP contribution in [0.5, 0.6) is 0 Å². The van der Waals surface area contributed by atoms with E-state index in [1.54, 1.807) is 24.3 Å². The summed E-state index contributed by atoms with van der Waals surface area (Å²) in [5, 5.41) is 7.09. The number of para-hydroxylation sites is 1. The molecular formula is C18H15ClN4O2. The molecule has 0 bridgehead atoms. The van der Waals surface area contributed by atoms with Crippen LogP contribution in [0.1, 0.15) is 5.56 Å². The van der Waals surface area contributed by atoms with E-state index < -0.39 is 11.6 Å². The fourth-order valence-electron chi connectivity index (χ4n) is 2.22. The fourth-order valence-corrected chi connectivity index (χ4v) is 2.41. The highest BCUT2D eigenvalue weighted by Gasteiger charge is 2.10. The smallest absolute Gasteiger partial charge is 0.323 e. The van der Waals surface area contributed by atoms with Crippen LogP contribution >= 0.6 is 11.6 Å². The molecule has 6 nitrogen and oxygen atoms in total. The van der Waals surface area contributed by atoms with Crippen molar-refractivity contribution in [3.05, 3.63) is 75.8 Å². The number of aromatic nitrogens is 3. The van der Waals surface area contributed by atoms with Gasteiger partial charge in [0.2, 0.25) is 5.91 Å². The number of benzene rings is 2. The van der Waals surface area contributed by atoms with Crippen molar-refractivity contribution in [2.45, 2.75) is 13.5 Å². The number of nitrogens with one attached hydrogen (secondary N) is 1. The van der Waals surface area contributed by atoms with Gasteiger partial charge in [0.05, 0.1) is 22.6 Å². The lowest BCUT2D eigenvalue weighted by Gasteiger charge is -2.08. The van der Waals surface area contributed by atoms with Gasteiger partial charge >= 0.3 is 5.69 Å². The van der Waals surface area contributed by atoms with Gasteiger partial charge in [-0.15, -0.1) is 0 Å². The molecule has 0 aliphatic carbocycles. The Hall–Kier alpha value is -2.99. The van der Waals surface area contributed by atoms with Crippen LogP contribution in [0.25, 0.3) is 11.3 Å². The summed E-state index contributed by atoms with van der Waals surface area (Å²) in [5.41, 5.74) is 2.26. The topological polar surface area (TPSA) is 76.9 Å². The normalized spacial score (nSPS) is 10.5. The lowest BCUT2D eigenvalue weighted by molar-refractivity contribution is -0.117. The minimum Gasteiger partial charge on any atom is -0.323 e.